The van der Waals surface area contributed by atoms with E-state index >= 15 is 0 Å². The van der Waals surface area contributed by atoms with Crippen LogP contribution in [0.15, 0.2) is 42.7 Å². The summed E-state index contributed by atoms with van der Waals surface area (Å²) in [6.45, 7) is 1.48. The average molecular weight is 370 g/mol. The second-order valence-corrected chi connectivity index (χ2v) is 7.95. The minimum absolute atomic E-state index is 0.0770. The van der Waals surface area contributed by atoms with Gasteiger partial charge in [0, 0.05) is 32.0 Å². The molecule has 1 aromatic carbocycles. The molecule has 1 aliphatic rings. The van der Waals surface area contributed by atoms with Crippen LogP contribution in [-0.4, -0.2) is 37.3 Å². The van der Waals surface area contributed by atoms with E-state index in [1.807, 2.05) is 6.07 Å². The van der Waals surface area contributed by atoms with Crippen LogP contribution in [0.5, 0.6) is 0 Å². The van der Waals surface area contributed by atoms with Crippen LogP contribution >= 0.6 is 11.6 Å². The fourth-order valence-electron chi connectivity index (χ4n) is 2.80. The zero-order valence-electron chi connectivity index (χ0n) is 12.8. The molecular formula is C16H17ClFN3O2S. The number of pyridine rings is 1. The first kappa shape index (κ1) is 17.3. The predicted octanol–water partition coefficient (Wildman–Crippen LogP) is 2.35. The fourth-order valence-corrected chi connectivity index (χ4v) is 4.72. The minimum Gasteiger partial charge on any atom is -0.313 e. The van der Waals surface area contributed by atoms with Crippen molar-refractivity contribution in [3.8, 4) is 0 Å². The molecular weight excluding hydrogens is 353 g/mol. The number of rotatable bonds is 4. The third kappa shape index (κ3) is 3.75. The van der Waals surface area contributed by atoms with E-state index in [9.17, 15) is 12.8 Å². The zero-order chi connectivity index (χ0) is 17.2. The summed E-state index contributed by atoms with van der Waals surface area (Å²) in [7, 11) is -3.58. The molecule has 1 aliphatic heterocycles. The number of sulfonamides is 1. The maximum Gasteiger partial charge on any atom is 0.218 e. The van der Waals surface area contributed by atoms with Gasteiger partial charge in [0.1, 0.15) is 5.82 Å². The molecule has 128 valence electrons. The van der Waals surface area contributed by atoms with Crippen LogP contribution in [0, 0.1) is 5.82 Å². The number of aromatic nitrogens is 1. The summed E-state index contributed by atoms with van der Waals surface area (Å²) >= 11 is 5.75. The highest BCUT2D eigenvalue weighted by Crippen LogP contribution is 2.27. The molecule has 0 radical (unpaired) electrons. The van der Waals surface area contributed by atoms with Crippen molar-refractivity contribution >= 4 is 21.6 Å². The second-order valence-electron chi connectivity index (χ2n) is 5.62. The van der Waals surface area contributed by atoms with Gasteiger partial charge in [-0.2, -0.15) is 4.31 Å². The van der Waals surface area contributed by atoms with Crippen LogP contribution in [0.2, 0.25) is 5.02 Å². The van der Waals surface area contributed by atoms with Crippen LogP contribution in [0.25, 0.3) is 0 Å². The molecule has 3 rings (SSSR count). The van der Waals surface area contributed by atoms with Crippen LogP contribution < -0.4 is 5.32 Å². The molecule has 1 saturated heterocycles. The lowest BCUT2D eigenvalue weighted by atomic mass is 10.1. The molecule has 1 fully saturated rings. The third-order valence-electron chi connectivity index (χ3n) is 3.95. The van der Waals surface area contributed by atoms with E-state index in [4.69, 9.17) is 11.6 Å². The Balaban J connectivity index is 1.87. The van der Waals surface area contributed by atoms with Gasteiger partial charge in [-0.3, -0.25) is 4.98 Å². The van der Waals surface area contributed by atoms with Gasteiger partial charge in [-0.05, 0) is 29.3 Å². The van der Waals surface area contributed by atoms with Gasteiger partial charge in [0.2, 0.25) is 10.0 Å². The highest BCUT2D eigenvalue weighted by atomic mass is 35.5. The summed E-state index contributed by atoms with van der Waals surface area (Å²) < 4.78 is 40.5. The largest absolute Gasteiger partial charge is 0.313 e. The molecule has 0 spiro atoms. The molecule has 2 heterocycles. The first-order valence-corrected chi connectivity index (χ1v) is 9.50. The summed E-state index contributed by atoms with van der Waals surface area (Å²) in [6.07, 6.45) is 3.33. The Labute approximate surface area is 145 Å². The number of halogens is 2. The molecule has 1 atom stereocenters. The predicted molar refractivity (Wildman–Crippen MR) is 90.6 cm³/mol. The average Bonchev–Trinajstić information content (AvgIpc) is 2.59. The highest BCUT2D eigenvalue weighted by molar-refractivity contribution is 7.88. The maximum absolute atomic E-state index is 13.3. The number of hydrogen-bond acceptors (Lipinski definition) is 4. The van der Waals surface area contributed by atoms with Gasteiger partial charge in [-0.25, -0.2) is 12.8 Å². The van der Waals surface area contributed by atoms with Crippen LogP contribution in [-0.2, 0) is 15.8 Å². The Hall–Kier alpha value is -1.54. The molecule has 0 aliphatic carbocycles. The SMILES string of the molecule is O=S(=O)(Cc1ccc(F)c(Cl)c1)N1CCNCC1c1cccnc1. The fraction of sp³-hybridized carbons (Fsp3) is 0.312. The smallest absolute Gasteiger partial charge is 0.218 e. The van der Waals surface area contributed by atoms with Gasteiger partial charge in [-0.15, -0.1) is 0 Å². The minimum atomic E-state index is -3.58. The van der Waals surface area contributed by atoms with E-state index in [0.29, 0.717) is 25.2 Å². The summed E-state index contributed by atoms with van der Waals surface area (Å²) in [5, 5.41) is 3.13. The number of nitrogens with one attached hydrogen (secondary N) is 1. The van der Waals surface area contributed by atoms with Gasteiger partial charge in [0.05, 0.1) is 16.8 Å². The van der Waals surface area contributed by atoms with Gasteiger partial charge in [-0.1, -0.05) is 23.7 Å². The van der Waals surface area contributed by atoms with Gasteiger partial charge < -0.3 is 5.32 Å². The van der Waals surface area contributed by atoms with Crippen LogP contribution in [0.4, 0.5) is 4.39 Å². The summed E-state index contributed by atoms with van der Waals surface area (Å²) in [4.78, 5) is 4.07. The lowest BCUT2D eigenvalue weighted by Crippen LogP contribution is -2.48. The van der Waals surface area contributed by atoms with E-state index in [1.165, 1.54) is 22.5 Å². The van der Waals surface area contributed by atoms with Crippen molar-refractivity contribution in [3.05, 3.63) is 64.7 Å². The molecule has 1 aromatic heterocycles. The van der Waals surface area contributed by atoms with E-state index < -0.39 is 15.8 Å². The first-order valence-electron chi connectivity index (χ1n) is 7.51. The van der Waals surface area contributed by atoms with E-state index in [1.54, 1.807) is 18.5 Å². The van der Waals surface area contributed by atoms with Crippen molar-refractivity contribution in [3.63, 3.8) is 0 Å². The highest BCUT2D eigenvalue weighted by Gasteiger charge is 2.33. The summed E-state index contributed by atoms with van der Waals surface area (Å²) in [6, 6.07) is 7.32. The van der Waals surface area contributed by atoms with Gasteiger partial charge in [0.15, 0.2) is 0 Å². The Kier molecular flexibility index (Phi) is 5.15. The van der Waals surface area contributed by atoms with Crippen LogP contribution in [0.3, 0.4) is 0 Å². The molecule has 1 unspecified atom stereocenters. The quantitative estimate of drug-likeness (QED) is 0.898. The molecule has 0 bridgehead atoms. The molecule has 5 nitrogen and oxygen atoms in total. The van der Waals surface area contributed by atoms with Crippen molar-refractivity contribution in [2.45, 2.75) is 11.8 Å². The molecule has 0 saturated carbocycles. The summed E-state index contributed by atoms with van der Waals surface area (Å²) in [5.74, 6) is -0.780. The molecule has 2 aromatic rings. The lowest BCUT2D eigenvalue weighted by Gasteiger charge is -2.35. The maximum atomic E-state index is 13.3. The zero-order valence-corrected chi connectivity index (χ0v) is 14.4. The molecule has 0 amide bonds. The topological polar surface area (TPSA) is 62.3 Å². The molecule has 1 N–H and O–H groups in total. The Morgan fingerprint density at radius 1 is 1.38 bits per heavy atom. The van der Waals surface area contributed by atoms with Crippen molar-refractivity contribution in [2.75, 3.05) is 19.6 Å². The Morgan fingerprint density at radius 3 is 2.92 bits per heavy atom. The normalized spacial score (nSPS) is 19.3. The Bertz CT molecular complexity index is 817. The number of benzene rings is 1. The van der Waals surface area contributed by atoms with Gasteiger partial charge in [0.25, 0.3) is 0 Å². The summed E-state index contributed by atoms with van der Waals surface area (Å²) in [5.41, 5.74) is 1.30. The third-order valence-corrected chi connectivity index (χ3v) is 6.09. The second kappa shape index (κ2) is 7.14. The monoisotopic (exact) mass is 369 g/mol. The van der Waals surface area contributed by atoms with Crippen molar-refractivity contribution in [1.82, 2.24) is 14.6 Å². The van der Waals surface area contributed by atoms with Crippen molar-refractivity contribution in [1.29, 1.82) is 0 Å². The van der Waals surface area contributed by atoms with E-state index in [2.05, 4.69) is 10.3 Å². The molecule has 24 heavy (non-hydrogen) atoms. The van der Waals surface area contributed by atoms with Gasteiger partial charge >= 0.3 is 0 Å². The van der Waals surface area contributed by atoms with Crippen molar-refractivity contribution < 1.29 is 12.8 Å². The number of nitrogens with zero attached hydrogens (tertiary/aromatic N) is 2. The van der Waals surface area contributed by atoms with Crippen molar-refractivity contribution in [2.24, 2.45) is 0 Å². The van der Waals surface area contributed by atoms with E-state index in [-0.39, 0.29) is 16.8 Å². The first-order chi connectivity index (χ1) is 11.5. The van der Waals surface area contributed by atoms with E-state index in [0.717, 1.165) is 5.56 Å². The standard InChI is InChI=1S/C16H17ClFN3O2S/c17-14-8-12(3-4-15(14)18)11-24(22,23)21-7-6-20-10-16(21)13-2-1-5-19-9-13/h1-5,8-9,16,20H,6-7,10-11H2. The number of hydrogen-bond donors (Lipinski definition) is 1. The van der Waals surface area contributed by atoms with Crippen LogP contribution in [0.1, 0.15) is 17.2 Å². The number of piperazine rings is 1. The Morgan fingerprint density at radius 2 is 2.21 bits per heavy atom. The lowest BCUT2D eigenvalue weighted by molar-refractivity contribution is 0.271. The molecule has 8 heteroatoms.